The number of carbonyl (C=O) groups excluding carboxylic acids is 1. The lowest BCUT2D eigenvalue weighted by atomic mass is 10.2. The second kappa shape index (κ2) is 9.42. The van der Waals surface area contributed by atoms with Crippen molar-refractivity contribution in [3.8, 4) is 5.75 Å². The fourth-order valence-electron chi connectivity index (χ4n) is 2.97. The van der Waals surface area contributed by atoms with Crippen LogP contribution in [0.2, 0.25) is 5.02 Å². The van der Waals surface area contributed by atoms with Crippen molar-refractivity contribution in [3.63, 3.8) is 0 Å². The Bertz CT molecular complexity index is 964. The summed E-state index contributed by atoms with van der Waals surface area (Å²) >= 11 is 5.83. The molecular weight excluding hydrogens is 374 g/mol. The van der Waals surface area contributed by atoms with E-state index in [-0.39, 0.29) is 12.5 Å². The molecule has 0 aliphatic heterocycles. The van der Waals surface area contributed by atoms with Crippen LogP contribution in [0.15, 0.2) is 60.7 Å². The van der Waals surface area contributed by atoms with Crippen molar-refractivity contribution in [3.05, 3.63) is 71.5 Å². The van der Waals surface area contributed by atoms with Gasteiger partial charge in [-0.3, -0.25) is 4.79 Å². The molecule has 3 aromatic rings. The van der Waals surface area contributed by atoms with Gasteiger partial charge in [0.2, 0.25) is 0 Å². The zero-order chi connectivity index (χ0) is 19.9. The molecule has 1 N–H and O–H groups in total. The maximum atomic E-state index is 12.0. The van der Waals surface area contributed by atoms with Gasteiger partial charge in [-0.25, -0.2) is 4.98 Å². The number of hydrogen-bond donors (Lipinski definition) is 1. The number of carbonyl (C=O) groups is 1. The van der Waals surface area contributed by atoms with Crippen LogP contribution in [-0.2, 0) is 17.8 Å². The number of halogens is 1. The minimum Gasteiger partial charge on any atom is -0.484 e. The molecule has 0 unspecified atom stereocenters. The van der Waals surface area contributed by atoms with Gasteiger partial charge in [0.05, 0.1) is 11.0 Å². The van der Waals surface area contributed by atoms with E-state index in [1.165, 1.54) is 0 Å². The number of aromatic nitrogens is 2. The Kier molecular flexibility index (Phi) is 6.71. The Labute approximate surface area is 170 Å². The second-order valence-electron chi connectivity index (χ2n) is 6.76. The molecule has 1 amide bonds. The highest BCUT2D eigenvalue weighted by Gasteiger charge is 2.10. The van der Waals surface area contributed by atoms with Gasteiger partial charge in [0, 0.05) is 24.5 Å². The number of nitrogens with zero attached hydrogens (tertiary/aromatic N) is 2. The van der Waals surface area contributed by atoms with Crippen LogP contribution in [-0.4, -0.2) is 28.6 Å². The normalized spacial score (nSPS) is 10.8. The summed E-state index contributed by atoms with van der Waals surface area (Å²) in [4.78, 5) is 16.7. The average molecular weight is 398 g/mol. The number of fused-ring (bicyclic) bond motifs is 1. The van der Waals surface area contributed by atoms with Crippen molar-refractivity contribution >= 4 is 28.5 Å². The molecule has 6 heteroatoms. The van der Waals surface area contributed by atoms with Crippen LogP contribution >= 0.6 is 11.6 Å². The van der Waals surface area contributed by atoms with Crippen molar-refractivity contribution < 1.29 is 9.53 Å². The molecule has 146 valence electrons. The summed E-state index contributed by atoms with van der Waals surface area (Å²) in [6, 6.07) is 15.0. The molecular formula is C22H24ClN3O2. The average Bonchev–Trinajstić information content (AvgIpc) is 3.02. The summed E-state index contributed by atoms with van der Waals surface area (Å²) in [5, 5.41) is 3.52. The maximum absolute atomic E-state index is 12.0. The maximum Gasteiger partial charge on any atom is 0.257 e. The largest absolute Gasteiger partial charge is 0.484 e. The summed E-state index contributed by atoms with van der Waals surface area (Å²) in [6.45, 7) is 7.33. The molecule has 0 saturated heterocycles. The highest BCUT2D eigenvalue weighted by Crippen LogP contribution is 2.18. The first-order valence-corrected chi connectivity index (χ1v) is 9.64. The molecule has 2 aromatic carbocycles. The molecule has 0 bridgehead atoms. The van der Waals surface area contributed by atoms with Gasteiger partial charge in [0.15, 0.2) is 6.61 Å². The molecule has 1 aromatic heterocycles. The number of amides is 1. The van der Waals surface area contributed by atoms with Gasteiger partial charge in [-0.2, -0.15) is 0 Å². The first-order valence-electron chi connectivity index (χ1n) is 9.26. The lowest BCUT2D eigenvalue weighted by Gasteiger charge is -2.10. The number of rotatable bonds is 9. The van der Waals surface area contributed by atoms with E-state index in [9.17, 15) is 4.79 Å². The summed E-state index contributed by atoms with van der Waals surface area (Å²) < 4.78 is 7.64. The third-order valence-corrected chi connectivity index (χ3v) is 4.50. The zero-order valence-corrected chi connectivity index (χ0v) is 16.7. The fourth-order valence-corrected chi connectivity index (χ4v) is 3.09. The highest BCUT2D eigenvalue weighted by molar-refractivity contribution is 6.30. The number of imidazole rings is 1. The Balaban J connectivity index is 1.48. The highest BCUT2D eigenvalue weighted by atomic mass is 35.5. The van der Waals surface area contributed by atoms with Crippen molar-refractivity contribution in [2.45, 2.75) is 26.3 Å². The van der Waals surface area contributed by atoms with Gasteiger partial charge < -0.3 is 14.6 Å². The molecule has 28 heavy (non-hydrogen) atoms. The smallest absolute Gasteiger partial charge is 0.257 e. The standard InChI is InChI=1S/C22H24ClN3O2/c1-16(2)14-26-20-7-4-3-6-19(20)25-21(26)8-5-13-24-22(27)15-28-18-11-9-17(23)10-12-18/h3-4,6-7,9-12H,1,5,8,13-15H2,2H3,(H,24,27). The molecule has 1 heterocycles. The second-order valence-corrected chi connectivity index (χ2v) is 7.19. The predicted octanol–water partition coefficient (Wildman–Crippen LogP) is 4.39. The third-order valence-electron chi connectivity index (χ3n) is 4.24. The van der Waals surface area contributed by atoms with Crippen LogP contribution in [0.5, 0.6) is 5.75 Å². The topological polar surface area (TPSA) is 56.2 Å². The lowest BCUT2D eigenvalue weighted by Crippen LogP contribution is -2.30. The summed E-state index contributed by atoms with van der Waals surface area (Å²) in [6.07, 6.45) is 1.58. The van der Waals surface area contributed by atoms with E-state index in [4.69, 9.17) is 21.3 Å². The quantitative estimate of drug-likeness (QED) is 0.430. The summed E-state index contributed by atoms with van der Waals surface area (Å²) in [5.74, 6) is 1.48. The van der Waals surface area contributed by atoms with Gasteiger partial charge in [-0.15, -0.1) is 0 Å². The van der Waals surface area contributed by atoms with Crippen molar-refractivity contribution in [1.29, 1.82) is 0 Å². The van der Waals surface area contributed by atoms with E-state index in [2.05, 4.69) is 22.5 Å². The Morgan fingerprint density at radius 3 is 2.71 bits per heavy atom. The molecule has 0 radical (unpaired) electrons. The Morgan fingerprint density at radius 2 is 1.96 bits per heavy atom. The number of hydrogen-bond acceptors (Lipinski definition) is 3. The minimum absolute atomic E-state index is 0.0181. The van der Waals surface area contributed by atoms with E-state index in [1.807, 2.05) is 25.1 Å². The van der Waals surface area contributed by atoms with Crippen LogP contribution in [0.1, 0.15) is 19.2 Å². The van der Waals surface area contributed by atoms with Crippen LogP contribution in [0, 0.1) is 0 Å². The molecule has 0 aliphatic rings. The number of benzene rings is 2. The number of ether oxygens (including phenoxy) is 1. The monoisotopic (exact) mass is 397 g/mol. The van der Waals surface area contributed by atoms with Gasteiger partial charge in [0.25, 0.3) is 5.91 Å². The molecule has 0 aliphatic carbocycles. The first kappa shape index (κ1) is 20.0. The molecule has 0 fully saturated rings. The molecule has 0 atom stereocenters. The minimum atomic E-state index is -0.148. The Hall–Kier alpha value is -2.79. The number of nitrogens with one attached hydrogen (secondary N) is 1. The molecule has 0 saturated carbocycles. The predicted molar refractivity (Wildman–Crippen MR) is 113 cm³/mol. The van der Waals surface area contributed by atoms with Gasteiger partial charge in [-0.1, -0.05) is 35.9 Å². The van der Waals surface area contributed by atoms with Gasteiger partial charge >= 0.3 is 0 Å². The van der Waals surface area contributed by atoms with E-state index in [1.54, 1.807) is 24.3 Å². The van der Waals surface area contributed by atoms with E-state index < -0.39 is 0 Å². The van der Waals surface area contributed by atoms with Crippen molar-refractivity contribution in [1.82, 2.24) is 14.9 Å². The SMILES string of the molecule is C=C(C)Cn1c(CCCNC(=O)COc2ccc(Cl)cc2)nc2ccccc21. The number of aryl methyl sites for hydroxylation is 1. The van der Waals surface area contributed by atoms with Crippen LogP contribution < -0.4 is 10.1 Å². The van der Waals surface area contributed by atoms with E-state index >= 15 is 0 Å². The molecule has 5 nitrogen and oxygen atoms in total. The number of allylic oxidation sites excluding steroid dienone is 1. The van der Waals surface area contributed by atoms with Crippen LogP contribution in [0.4, 0.5) is 0 Å². The van der Waals surface area contributed by atoms with E-state index in [0.29, 0.717) is 17.3 Å². The van der Waals surface area contributed by atoms with Gasteiger partial charge in [0.1, 0.15) is 11.6 Å². The van der Waals surface area contributed by atoms with Crippen LogP contribution in [0.25, 0.3) is 11.0 Å². The number of para-hydroxylation sites is 2. The zero-order valence-electron chi connectivity index (χ0n) is 16.0. The van der Waals surface area contributed by atoms with Crippen molar-refractivity contribution in [2.24, 2.45) is 0 Å². The third kappa shape index (κ3) is 5.36. The molecule has 0 spiro atoms. The van der Waals surface area contributed by atoms with Crippen LogP contribution in [0.3, 0.4) is 0 Å². The first-order chi connectivity index (χ1) is 13.5. The fraction of sp³-hybridized carbons (Fsp3) is 0.273. The van der Waals surface area contributed by atoms with E-state index in [0.717, 1.165) is 41.8 Å². The summed E-state index contributed by atoms with van der Waals surface area (Å²) in [7, 11) is 0. The summed E-state index contributed by atoms with van der Waals surface area (Å²) in [5.41, 5.74) is 3.18. The lowest BCUT2D eigenvalue weighted by molar-refractivity contribution is -0.123. The van der Waals surface area contributed by atoms with Crippen molar-refractivity contribution in [2.75, 3.05) is 13.2 Å². The molecule has 3 rings (SSSR count). The van der Waals surface area contributed by atoms with Gasteiger partial charge in [-0.05, 0) is 49.7 Å². The Morgan fingerprint density at radius 1 is 1.21 bits per heavy atom.